The molecule has 1 aromatic heterocycles. The molecule has 3 rings (SSSR count). The summed E-state index contributed by atoms with van der Waals surface area (Å²) in [5.74, 6) is -1.35. The van der Waals surface area contributed by atoms with Crippen molar-refractivity contribution in [2.75, 3.05) is 31.2 Å². The summed E-state index contributed by atoms with van der Waals surface area (Å²) in [6, 6.07) is 3.66. The Labute approximate surface area is 156 Å². The molecule has 0 aliphatic carbocycles. The summed E-state index contributed by atoms with van der Waals surface area (Å²) in [7, 11) is 0. The van der Waals surface area contributed by atoms with Gasteiger partial charge in [-0.25, -0.2) is 4.98 Å². The molecule has 0 spiro atoms. The molecular weight excluding hydrogens is 385 g/mol. The number of aromatic nitrogens is 1. The molecule has 1 aromatic carbocycles. The number of morpholine rings is 1. The molecule has 2 N–H and O–H groups in total. The number of carbonyl (C=O) groups excluding carboxylic acids is 2. The maximum Gasteiger partial charge on any atom is 0.416 e. The Bertz CT molecular complexity index is 817. The summed E-state index contributed by atoms with van der Waals surface area (Å²) in [4.78, 5) is 30.3. The van der Waals surface area contributed by atoms with Crippen molar-refractivity contribution in [1.82, 2.24) is 15.8 Å². The van der Waals surface area contributed by atoms with E-state index in [2.05, 4.69) is 15.8 Å². The highest BCUT2D eigenvalue weighted by atomic mass is 32.1. The second kappa shape index (κ2) is 7.92. The number of rotatable bonds is 3. The number of alkyl halides is 3. The fourth-order valence-corrected chi connectivity index (χ4v) is 3.19. The van der Waals surface area contributed by atoms with Gasteiger partial charge in [0.1, 0.15) is 5.69 Å². The van der Waals surface area contributed by atoms with Crippen molar-refractivity contribution in [2.24, 2.45) is 0 Å². The molecule has 1 aliphatic rings. The molecule has 2 heterocycles. The fourth-order valence-electron chi connectivity index (χ4n) is 2.33. The molecule has 2 aromatic rings. The summed E-state index contributed by atoms with van der Waals surface area (Å²) < 4.78 is 42.8. The summed E-state index contributed by atoms with van der Waals surface area (Å²) in [6.45, 7) is 2.53. The van der Waals surface area contributed by atoms with Gasteiger partial charge in [-0.05, 0) is 24.3 Å². The molecular formula is C16H15F3N4O3S. The number of hydrogen-bond donors (Lipinski definition) is 2. The Hall–Kier alpha value is -2.66. The molecule has 1 aliphatic heterocycles. The third kappa shape index (κ3) is 4.74. The van der Waals surface area contributed by atoms with Gasteiger partial charge in [0.25, 0.3) is 11.8 Å². The van der Waals surface area contributed by atoms with Crippen molar-refractivity contribution < 1.29 is 27.5 Å². The van der Waals surface area contributed by atoms with Gasteiger partial charge in [0.15, 0.2) is 5.13 Å². The molecule has 1 fully saturated rings. The standard InChI is InChI=1S/C16H15F3N4O3S/c17-16(18,19)11-3-1-10(2-4-11)13(24)21-22-14(25)12-9-27-15(20-12)23-5-7-26-8-6-23/h1-4,9H,5-8H2,(H,21,24)(H,22,25). The molecule has 11 heteroatoms. The van der Waals surface area contributed by atoms with Gasteiger partial charge in [-0.2, -0.15) is 13.2 Å². The zero-order chi connectivity index (χ0) is 19.4. The summed E-state index contributed by atoms with van der Waals surface area (Å²) in [5.41, 5.74) is 3.61. The van der Waals surface area contributed by atoms with Crippen molar-refractivity contribution in [3.8, 4) is 0 Å². The smallest absolute Gasteiger partial charge is 0.378 e. The molecule has 1 saturated heterocycles. The van der Waals surface area contributed by atoms with Crippen LogP contribution in [-0.4, -0.2) is 43.1 Å². The average Bonchev–Trinajstić information content (AvgIpc) is 3.16. The molecule has 0 atom stereocenters. The first kappa shape index (κ1) is 19.1. The minimum atomic E-state index is -4.48. The second-order valence-corrected chi connectivity index (χ2v) is 6.43. The zero-order valence-corrected chi connectivity index (χ0v) is 14.7. The quantitative estimate of drug-likeness (QED) is 0.771. The minimum Gasteiger partial charge on any atom is -0.378 e. The van der Waals surface area contributed by atoms with Gasteiger partial charge in [-0.15, -0.1) is 11.3 Å². The van der Waals surface area contributed by atoms with E-state index in [1.807, 2.05) is 4.90 Å². The average molecular weight is 400 g/mol. The van der Waals surface area contributed by atoms with Crippen molar-refractivity contribution in [3.63, 3.8) is 0 Å². The van der Waals surface area contributed by atoms with Crippen LogP contribution in [0.25, 0.3) is 0 Å². The van der Waals surface area contributed by atoms with E-state index >= 15 is 0 Å². The number of ether oxygens (including phenoxy) is 1. The van der Waals surface area contributed by atoms with Crippen molar-refractivity contribution in [1.29, 1.82) is 0 Å². The van der Waals surface area contributed by atoms with E-state index in [9.17, 15) is 22.8 Å². The van der Waals surface area contributed by atoms with E-state index in [0.29, 0.717) is 31.4 Å². The van der Waals surface area contributed by atoms with E-state index in [-0.39, 0.29) is 11.3 Å². The van der Waals surface area contributed by atoms with Crippen LogP contribution >= 0.6 is 11.3 Å². The summed E-state index contributed by atoms with van der Waals surface area (Å²) in [6.07, 6.45) is -4.48. The van der Waals surface area contributed by atoms with Gasteiger partial charge in [-0.3, -0.25) is 20.4 Å². The minimum absolute atomic E-state index is 0.0180. The number of halogens is 3. The van der Waals surface area contributed by atoms with Gasteiger partial charge in [0.2, 0.25) is 0 Å². The van der Waals surface area contributed by atoms with Crippen LogP contribution in [0.5, 0.6) is 0 Å². The Balaban J connectivity index is 1.55. The number of benzene rings is 1. The van der Waals surface area contributed by atoms with E-state index in [1.54, 1.807) is 5.38 Å². The SMILES string of the molecule is O=C(NNC(=O)c1csc(N2CCOCC2)n1)c1ccc(C(F)(F)F)cc1. The number of thiazole rings is 1. The monoisotopic (exact) mass is 400 g/mol. The highest BCUT2D eigenvalue weighted by Gasteiger charge is 2.30. The number of carbonyl (C=O) groups is 2. The third-order valence-corrected chi connectivity index (χ3v) is 4.67. The van der Waals surface area contributed by atoms with Crippen LogP contribution in [0.15, 0.2) is 29.6 Å². The van der Waals surface area contributed by atoms with E-state index in [4.69, 9.17) is 4.74 Å². The first-order chi connectivity index (χ1) is 12.8. The number of hydrazine groups is 1. The largest absolute Gasteiger partial charge is 0.416 e. The van der Waals surface area contributed by atoms with Crippen molar-refractivity contribution in [2.45, 2.75) is 6.18 Å². The van der Waals surface area contributed by atoms with Crippen LogP contribution in [0.1, 0.15) is 26.4 Å². The first-order valence-electron chi connectivity index (χ1n) is 7.91. The highest BCUT2D eigenvalue weighted by molar-refractivity contribution is 7.13. The number of nitrogens with zero attached hydrogens (tertiary/aromatic N) is 2. The van der Waals surface area contributed by atoms with Crippen LogP contribution in [0.2, 0.25) is 0 Å². The predicted octanol–water partition coefficient (Wildman–Crippen LogP) is 2.07. The lowest BCUT2D eigenvalue weighted by Gasteiger charge is -2.25. The van der Waals surface area contributed by atoms with Gasteiger partial charge in [0.05, 0.1) is 18.8 Å². The van der Waals surface area contributed by atoms with E-state index in [0.717, 1.165) is 24.3 Å². The number of amides is 2. The predicted molar refractivity (Wildman–Crippen MR) is 91.5 cm³/mol. The van der Waals surface area contributed by atoms with Gasteiger partial charge in [-0.1, -0.05) is 0 Å². The normalized spacial score (nSPS) is 14.7. The Morgan fingerprint density at radius 2 is 1.70 bits per heavy atom. The molecule has 7 nitrogen and oxygen atoms in total. The number of anilines is 1. The summed E-state index contributed by atoms with van der Waals surface area (Å²) in [5, 5.41) is 2.24. The van der Waals surface area contributed by atoms with Crippen LogP contribution in [0.3, 0.4) is 0 Å². The van der Waals surface area contributed by atoms with Crippen LogP contribution < -0.4 is 15.8 Å². The van der Waals surface area contributed by atoms with Crippen molar-refractivity contribution >= 4 is 28.3 Å². The Kier molecular flexibility index (Phi) is 5.61. The zero-order valence-electron chi connectivity index (χ0n) is 13.9. The van der Waals surface area contributed by atoms with Crippen LogP contribution in [0, 0.1) is 0 Å². The third-order valence-electron chi connectivity index (χ3n) is 3.77. The summed E-state index contributed by atoms with van der Waals surface area (Å²) >= 11 is 1.30. The highest BCUT2D eigenvalue weighted by Crippen LogP contribution is 2.29. The van der Waals surface area contributed by atoms with Crippen molar-refractivity contribution in [3.05, 3.63) is 46.5 Å². The van der Waals surface area contributed by atoms with E-state index < -0.39 is 23.6 Å². The molecule has 0 radical (unpaired) electrons. The molecule has 0 unspecified atom stereocenters. The fraction of sp³-hybridized carbons (Fsp3) is 0.312. The molecule has 0 saturated carbocycles. The lowest BCUT2D eigenvalue weighted by molar-refractivity contribution is -0.137. The second-order valence-electron chi connectivity index (χ2n) is 5.60. The maximum atomic E-state index is 12.5. The lowest BCUT2D eigenvalue weighted by Crippen LogP contribution is -2.42. The van der Waals surface area contributed by atoms with Gasteiger partial charge in [0, 0.05) is 24.0 Å². The molecule has 144 valence electrons. The molecule has 27 heavy (non-hydrogen) atoms. The Morgan fingerprint density at radius 1 is 1.07 bits per heavy atom. The van der Waals surface area contributed by atoms with E-state index in [1.165, 1.54) is 11.3 Å². The topological polar surface area (TPSA) is 83.6 Å². The maximum absolute atomic E-state index is 12.5. The van der Waals surface area contributed by atoms with Crippen LogP contribution in [-0.2, 0) is 10.9 Å². The Morgan fingerprint density at radius 3 is 2.33 bits per heavy atom. The number of nitrogens with one attached hydrogen (secondary N) is 2. The van der Waals surface area contributed by atoms with Crippen LogP contribution in [0.4, 0.5) is 18.3 Å². The lowest BCUT2D eigenvalue weighted by atomic mass is 10.1. The molecule has 0 bridgehead atoms. The number of hydrogen-bond acceptors (Lipinski definition) is 6. The molecule has 2 amide bonds. The van der Waals surface area contributed by atoms with Gasteiger partial charge >= 0.3 is 6.18 Å². The van der Waals surface area contributed by atoms with Gasteiger partial charge < -0.3 is 9.64 Å². The first-order valence-corrected chi connectivity index (χ1v) is 8.79.